The number of benzene rings is 1. The highest BCUT2D eigenvalue weighted by molar-refractivity contribution is 5.94. The van der Waals surface area contributed by atoms with Gasteiger partial charge in [-0.3, -0.25) is 9.69 Å². The Morgan fingerprint density at radius 3 is 2.74 bits per heavy atom. The maximum absolute atomic E-state index is 12.6. The van der Waals surface area contributed by atoms with Gasteiger partial charge in [-0.1, -0.05) is 12.1 Å². The summed E-state index contributed by atoms with van der Waals surface area (Å²) in [5.74, 6) is -0.0478. The molecule has 0 unspecified atom stereocenters. The fraction of sp³-hybridized carbons (Fsp3) is 0.526. The summed E-state index contributed by atoms with van der Waals surface area (Å²) in [5.41, 5.74) is 7.52. The first-order chi connectivity index (χ1) is 13.1. The van der Waals surface area contributed by atoms with Crippen LogP contribution in [0.15, 0.2) is 24.3 Å². The van der Waals surface area contributed by atoms with Gasteiger partial charge in [-0.2, -0.15) is 5.26 Å². The zero-order chi connectivity index (χ0) is 19.2. The molecular weight excluding hydrogens is 344 g/mol. The van der Waals surface area contributed by atoms with Crippen LogP contribution >= 0.6 is 0 Å². The predicted octanol–water partition coefficient (Wildman–Crippen LogP) is 0.491. The second-order valence-electron chi connectivity index (χ2n) is 6.84. The Hall–Kier alpha value is -2.63. The van der Waals surface area contributed by atoms with Crippen LogP contribution in [0.5, 0.6) is 0 Å². The van der Waals surface area contributed by atoms with Crippen LogP contribution in [0.1, 0.15) is 18.4 Å². The lowest BCUT2D eigenvalue weighted by molar-refractivity contribution is -0.130. The first-order valence-corrected chi connectivity index (χ1v) is 9.39. The van der Waals surface area contributed by atoms with E-state index in [0.29, 0.717) is 39.3 Å². The van der Waals surface area contributed by atoms with Crippen LogP contribution in [0.4, 0.5) is 10.5 Å². The highest BCUT2D eigenvalue weighted by Gasteiger charge is 2.30. The zero-order valence-corrected chi connectivity index (χ0v) is 15.4. The number of rotatable bonds is 7. The summed E-state index contributed by atoms with van der Waals surface area (Å²) in [6, 6.07) is 9.57. The molecule has 1 atom stereocenters. The maximum atomic E-state index is 12.6. The van der Waals surface area contributed by atoms with Gasteiger partial charge in [0, 0.05) is 45.0 Å². The SMILES string of the molecule is N#C[C@@H]1CCCN1C(=O)CNCCN1CCN(c2ccc(CN)cc2)C1=O. The minimum Gasteiger partial charge on any atom is -0.326 e. The van der Waals surface area contributed by atoms with Crippen molar-refractivity contribution in [3.63, 3.8) is 0 Å². The summed E-state index contributed by atoms with van der Waals surface area (Å²) in [4.78, 5) is 29.9. The van der Waals surface area contributed by atoms with Crippen LogP contribution in [-0.4, -0.2) is 67.0 Å². The summed E-state index contributed by atoms with van der Waals surface area (Å²) in [7, 11) is 0. The number of nitrogens with one attached hydrogen (secondary N) is 1. The summed E-state index contributed by atoms with van der Waals surface area (Å²) >= 11 is 0. The average Bonchev–Trinajstić information content (AvgIpc) is 3.32. The Morgan fingerprint density at radius 2 is 2.04 bits per heavy atom. The number of hydrogen-bond acceptors (Lipinski definition) is 5. The lowest BCUT2D eigenvalue weighted by atomic mass is 10.2. The molecule has 2 aliphatic rings. The summed E-state index contributed by atoms with van der Waals surface area (Å²) < 4.78 is 0. The van der Waals surface area contributed by atoms with Gasteiger partial charge in [-0.25, -0.2) is 4.79 Å². The van der Waals surface area contributed by atoms with Crippen molar-refractivity contribution in [2.75, 3.05) is 44.2 Å². The first-order valence-electron chi connectivity index (χ1n) is 9.39. The Kier molecular flexibility index (Phi) is 6.27. The number of nitrogens with zero attached hydrogens (tertiary/aromatic N) is 4. The molecular formula is C19H26N6O2. The molecule has 3 N–H and O–H groups in total. The number of nitriles is 1. The van der Waals surface area contributed by atoms with E-state index in [0.717, 1.165) is 24.1 Å². The molecule has 1 aromatic rings. The average molecular weight is 370 g/mol. The minimum atomic E-state index is -0.293. The molecule has 144 valence electrons. The summed E-state index contributed by atoms with van der Waals surface area (Å²) in [6.07, 6.45) is 1.64. The maximum Gasteiger partial charge on any atom is 0.324 e. The molecule has 0 saturated carbocycles. The van der Waals surface area contributed by atoms with Crippen LogP contribution in [-0.2, 0) is 11.3 Å². The van der Waals surface area contributed by atoms with E-state index in [1.165, 1.54) is 0 Å². The predicted molar refractivity (Wildman–Crippen MR) is 102 cm³/mol. The highest BCUT2D eigenvalue weighted by atomic mass is 16.2. The van der Waals surface area contributed by atoms with Gasteiger partial charge in [0.15, 0.2) is 0 Å². The number of anilines is 1. The fourth-order valence-corrected chi connectivity index (χ4v) is 3.55. The quantitative estimate of drug-likeness (QED) is 0.680. The van der Waals surface area contributed by atoms with Crippen molar-refractivity contribution in [1.29, 1.82) is 5.26 Å². The Balaban J connectivity index is 1.42. The van der Waals surface area contributed by atoms with E-state index >= 15 is 0 Å². The Bertz CT molecular complexity index is 714. The van der Waals surface area contributed by atoms with Gasteiger partial charge in [-0.15, -0.1) is 0 Å². The van der Waals surface area contributed by atoms with Crippen molar-refractivity contribution in [3.8, 4) is 6.07 Å². The largest absolute Gasteiger partial charge is 0.326 e. The molecule has 27 heavy (non-hydrogen) atoms. The van der Waals surface area contributed by atoms with Crippen molar-refractivity contribution < 1.29 is 9.59 Å². The van der Waals surface area contributed by atoms with Gasteiger partial charge in [-0.05, 0) is 30.5 Å². The van der Waals surface area contributed by atoms with Crippen molar-refractivity contribution in [2.24, 2.45) is 5.73 Å². The minimum absolute atomic E-state index is 0.0206. The van der Waals surface area contributed by atoms with Crippen LogP contribution in [0, 0.1) is 11.3 Å². The molecule has 0 bridgehead atoms. The number of carbonyl (C=O) groups excluding carboxylic acids is 2. The van der Waals surface area contributed by atoms with Crippen LogP contribution in [0.2, 0.25) is 0 Å². The van der Waals surface area contributed by atoms with Crippen molar-refractivity contribution in [1.82, 2.24) is 15.1 Å². The molecule has 0 aromatic heterocycles. The number of urea groups is 1. The molecule has 0 spiro atoms. The molecule has 0 radical (unpaired) electrons. The third-order valence-electron chi connectivity index (χ3n) is 5.14. The van der Waals surface area contributed by atoms with E-state index in [2.05, 4.69) is 11.4 Å². The molecule has 3 amide bonds. The molecule has 3 rings (SSSR count). The monoisotopic (exact) mass is 370 g/mol. The molecule has 2 heterocycles. The van der Waals surface area contributed by atoms with E-state index < -0.39 is 0 Å². The van der Waals surface area contributed by atoms with Crippen LogP contribution in [0.3, 0.4) is 0 Å². The molecule has 2 fully saturated rings. The number of amides is 3. The molecule has 8 nitrogen and oxygen atoms in total. The van der Waals surface area contributed by atoms with Gasteiger partial charge >= 0.3 is 6.03 Å². The van der Waals surface area contributed by atoms with E-state index in [1.807, 2.05) is 24.3 Å². The zero-order valence-electron chi connectivity index (χ0n) is 15.4. The lowest BCUT2D eigenvalue weighted by Gasteiger charge is -2.21. The van der Waals surface area contributed by atoms with Gasteiger partial charge in [0.2, 0.25) is 5.91 Å². The molecule has 2 saturated heterocycles. The van der Waals surface area contributed by atoms with E-state index in [-0.39, 0.29) is 24.5 Å². The Morgan fingerprint density at radius 1 is 1.26 bits per heavy atom. The normalized spacial score (nSPS) is 19.6. The summed E-state index contributed by atoms with van der Waals surface area (Å²) in [5, 5.41) is 12.2. The fourth-order valence-electron chi connectivity index (χ4n) is 3.55. The number of carbonyl (C=O) groups is 2. The van der Waals surface area contributed by atoms with E-state index in [9.17, 15) is 9.59 Å². The summed E-state index contributed by atoms with van der Waals surface area (Å²) in [6.45, 7) is 3.74. The van der Waals surface area contributed by atoms with Gasteiger partial charge in [0.1, 0.15) is 6.04 Å². The number of hydrogen-bond donors (Lipinski definition) is 2. The number of likely N-dealkylation sites (tertiary alicyclic amines) is 1. The second-order valence-corrected chi connectivity index (χ2v) is 6.84. The Labute approximate surface area is 159 Å². The highest BCUT2D eigenvalue weighted by Crippen LogP contribution is 2.20. The first kappa shape index (κ1) is 19.1. The third-order valence-corrected chi connectivity index (χ3v) is 5.14. The standard InChI is InChI=1S/C19H26N6O2/c20-12-15-3-5-16(6-4-15)25-11-10-23(19(25)27)9-7-22-14-18(26)24-8-1-2-17(24)13-21/h3-6,17,22H,1-2,7-12,14,20H2/t17-/m0/s1. The van der Waals surface area contributed by atoms with Gasteiger partial charge < -0.3 is 20.9 Å². The van der Waals surface area contributed by atoms with Crippen LogP contribution in [0.25, 0.3) is 0 Å². The van der Waals surface area contributed by atoms with Crippen molar-refractivity contribution >= 4 is 17.6 Å². The smallest absolute Gasteiger partial charge is 0.324 e. The van der Waals surface area contributed by atoms with Gasteiger partial charge in [0.05, 0.1) is 12.6 Å². The van der Waals surface area contributed by atoms with E-state index in [1.54, 1.807) is 14.7 Å². The second kappa shape index (κ2) is 8.84. The van der Waals surface area contributed by atoms with Crippen molar-refractivity contribution in [3.05, 3.63) is 29.8 Å². The van der Waals surface area contributed by atoms with Crippen LogP contribution < -0.4 is 16.0 Å². The number of nitrogens with two attached hydrogens (primary N) is 1. The molecule has 8 heteroatoms. The molecule has 1 aromatic carbocycles. The van der Waals surface area contributed by atoms with Gasteiger partial charge in [0.25, 0.3) is 0 Å². The molecule has 0 aliphatic carbocycles. The van der Waals surface area contributed by atoms with E-state index in [4.69, 9.17) is 11.0 Å². The third kappa shape index (κ3) is 4.38. The lowest BCUT2D eigenvalue weighted by Crippen LogP contribution is -2.43. The van der Waals surface area contributed by atoms with Crippen molar-refractivity contribution in [2.45, 2.75) is 25.4 Å². The topological polar surface area (TPSA) is 106 Å². The molecule has 2 aliphatic heterocycles.